The van der Waals surface area contributed by atoms with Gasteiger partial charge >= 0.3 is 6.09 Å². The highest BCUT2D eigenvalue weighted by Gasteiger charge is 2.40. The Hall–Kier alpha value is -0.810. The lowest BCUT2D eigenvalue weighted by atomic mass is 9.84. The molecule has 116 valence electrons. The van der Waals surface area contributed by atoms with Crippen LogP contribution in [-0.2, 0) is 9.47 Å². The molecule has 0 bridgehead atoms. The number of aliphatic hydroxyl groups excluding tert-OH is 1. The number of hydrogen-bond donors (Lipinski definition) is 1. The van der Waals surface area contributed by atoms with Gasteiger partial charge in [0.1, 0.15) is 5.60 Å². The molecule has 2 aliphatic heterocycles. The van der Waals surface area contributed by atoms with E-state index in [9.17, 15) is 9.90 Å². The molecule has 0 aromatic rings. The second-order valence-corrected chi connectivity index (χ2v) is 6.91. The lowest BCUT2D eigenvalue weighted by molar-refractivity contribution is 0.0158. The monoisotopic (exact) mass is 285 g/mol. The Morgan fingerprint density at radius 3 is 2.50 bits per heavy atom. The van der Waals surface area contributed by atoms with Gasteiger partial charge in [-0.1, -0.05) is 0 Å². The SMILES string of the molecule is CC(C)(C)OC(=O)N1C[C@H](C2CCOCC2)C[C@H]1CO. The van der Waals surface area contributed by atoms with Gasteiger partial charge in [-0.3, -0.25) is 0 Å². The van der Waals surface area contributed by atoms with Crippen molar-refractivity contribution in [2.45, 2.75) is 51.7 Å². The van der Waals surface area contributed by atoms with E-state index in [-0.39, 0.29) is 18.7 Å². The van der Waals surface area contributed by atoms with E-state index in [0.717, 1.165) is 32.5 Å². The molecule has 5 heteroatoms. The molecule has 2 heterocycles. The van der Waals surface area contributed by atoms with Crippen molar-refractivity contribution in [3.05, 3.63) is 0 Å². The first-order valence-electron chi connectivity index (χ1n) is 7.59. The fraction of sp³-hybridized carbons (Fsp3) is 0.933. The standard InChI is InChI=1S/C15H27NO4/c1-15(2,3)20-14(18)16-9-12(8-13(16)10-17)11-4-6-19-7-5-11/h11-13,17H,4-10H2,1-3H3/t12-,13+/m1/s1. The van der Waals surface area contributed by atoms with Crippen LogP contribution >= 0.6 is 0 Å². The van der Waals surface area contributed by atoms with E-state index in [2.05, 4.69) is 0 Å². The maximum absolute atomic E-state index is 12.2. The summed E-state index contributed by atoms with van der Waals surface area (Å²) in [7, 11) is 0. The number of amides is 1. The number of ether oxygens (including phenoxy) is 2. The van der Waals surface area contributed by atoms with Crippen LogP contribution in [0.5, 0.6) is 0 Å². The van der Waals surface area contributed by atoms with Crippen LogP contribution in [0.2, 0.25) is 0 Å². The summed E-state index contributed by atoms with van der Waals surface area (Å²) < 4.78 is 10.8. The Bertz CT molecular complexity index is 333. The average Bonchev–Trinajstić information content (AvgIpc) is 2.82. The summed E-state index contributed by atoms with van der Waals surface area (Å²) in [5.74, 6) is 1.06. The highest BCUT2D eigenvalue weighted by molar-refractivity contribution is 5.69. The van der Waals surface area contributed by atoms with Crippen LogP contribution in [0.25, 0.3) is 0 Å². The largest absolute Gasteiger partial charge is 0.444 e. The first-order chi connectivity index (χ1) is 9.40. The summed E-state index contributed by atoms with van der Waals surface area (Å²) in [5.41, 5.74) is -0.492. The van der Waals surface area contributed by atoms with Crippen LogP contribution in [0.15, 0.2) is 0 Å². The molecule has 1 amide bonds. The molecule has 2 rings (SSSR count). The number of hydrogen-bond acceptors (Lipinski definition) is 4. The molecule has 2 fully saturated rings. The fourth-order valence-corrected chi connectivity index (χ4v) is 3.20. The first-order valence-corrected chi connectivity index (χ1v) is 7.59. The van der Waals surface area contributed by atoms with Crippen molar-refractivity contribution in [3.8, 4) is 0 Å². The smallest absolute Gasteiger partial charge is 0.410 e. The molecule has 0 unspecified atom stereocenters. The summed E-state index contributed by atoms with van der Waals surface area (Å²) in [6, 6.07) is -0.0994. The minimum Gasteiger partial charge on any atom is -0.444 e. The van der Waals surface area contributed by atoms with E-state index in [1.54, 1.807) is 4.90 Å². The Labute approximate surface area is 121 Å². The van der Waals surface area contributed by atoms with E-state index in [0.29, 0.717) is 18.4 Å². The molecule has 1 N–H and O–H groups in total. The number of likely N-dealkylation sites (tertiary alicyclic amines) is 1. The average molecular weight is 285 g/mol. The molecule has 5 nitrogen and oxygen atoms in total. The molecule has 0 spiro atoms. The van der Waals surface area contributed by atoms with Crippen molar-refractivity contribution in [1.29, 1.82) is 0 Å². The normalized spacial score (nSPS) is 28.7. The van der Waals surface area contributed by atoms with E-state index in [4.69, 9.17) is 9.47 Å². The number of carbonyl (C=O) groups excluding carboxylic acids is 1. The van der Waals surface area contributed by atoms with E-state index in [1.807, 2.05) is 20.8 Å². The second kappa shape index (κ2) is 6.31. The van der Waals surface area contributed by atoms with Crippen molar-refractivity contribution < 1.29 is 19.4 Å². The second-order valence-electron chi connectivity index (χ2n) is 6.91. The van der Waals surface area contributed by atoms with E-state index < -0.39 is 5.60 Å². The Balaban J connectivity index is 1.96. The number of rotatable bonds is 2. The third kappa shape index (κ3) is 3.85. The topological polar surface area (TPSA) is 59.0 Å². The van der Waals surface area contributed by atoms with Gasteiger partial charge in [0.15, 0.2) is 0 Å². The Morgan fingerprint density at radius 2 is 1.95 bits per heavy atom. The minimum absolute atomic E-state index is 0.0129. The molecule has 0 aromatic carbocycles. The van der Waals surface area contributed by atoms with Crippen molar-refractivity contribution in [2.75, 3.05) is 26.4 Å². The summed E-state index contributed by atoms with van der Waals surface area (Å²) in [6.45, 7) is 7.94. The molecule has 0 aliphatic carbocycles. The van der Waals surface area contributed by atoms with Gasteiger partial charge in [-0.15, -0.1) is 0 Å². The summed E-state index contributed by atoms with van der Waals surface area (Å²) >= 11 is 0. The molecular formula is C15H27NO4. The summed E-state index contributed by atoms with van der Waals surface area (Å²) in [5, 5.41) is 9.53. The third-order valence-corrected chi connectivity index (χ3v) is 4.22. The molecular weight excluding hydrogens is 258 g/mol. The maximum atomic E-state index is 12.2. The van der Waals surface area contributed by atoms with Crippen molar-refractivity contribution in [2.24, 2.45) is 11.8 Å². The zero-order chi connectivity index (χ0) is 14.8. The van der Waals surface area contributed by atoms with Gasteiger partial charge < -0.3 is 19.5 Å². The molecule has 0 aromatic heterocycles. The molecule has 20 heavy (non-hydrogen) atoms. The highest BCUT2D eigenvalue weighted by atomic mass is 16.6. The van der Waals surface area contributed by atoms with Crippen LogP contribution in [0.3, 0.4) is 0 Å². The molecule has 2 saturated heterocycles. The van der Waals surface area contributed by atoms with Gasteiger partial charge in [0.05, 0.1) is 12.6 Å². The van der Waals surface area contributed by atoms with E-state index in [1.165, 1.54) is 0 Å². The van der Waals surface area contributed by atoms with Gasteiger partial charge in [0.25, 0.3) is 0 Å². The third-order valence-electron chi connectivity index (χ3n) is 4.22. The zero-order valence-electron chi connectivity index (χ0n) is 12.8. The van der Waals surface area contributed by atoms with Gasteiger partial charge in [-0.05, 0) is 51.9 Å². The summed E-state index contributed by atoms with van der Waals surface area (Å²) in [6.07, 6.45) is 2.70. The zero-order valence-corrected chi connectivity index (χ0v) is 12.8. The first kappa shape index (κ1) is 15.6. The molecule has 0 saturated carbocycles. The van der Waals surface area contributed by atoms with Gasteiger partial charge in [-0.25, -0.2) is 4.79 Å². The lowest BCUT2D eigenvalue weighted by Gasteiger charge is -2.29. The van der Waals surface area contributed by atoms with Gasteiger partial charge in [-0.2, -0.15) is 0 Å². The number of nitrogens with zero attached hydrogens (tertiary/aromatic N) is 1. The predicted octanol–water partition coefficient (Wildman–Crippen LogP) is 2.03. The van der Waals surface area contributed by atoms with Crippen molar-refractivity contribution >= 4 is 6.09 Å². The molecule has 2 atom stereocenters. The minimum atomic E-state index is -0.492. The molecule has 0 radical (unpaired) electrons. The van der Waals surface area contributed by atoms with E-state index >= 15 is 0 Å². The number of carbonyl (C=O) groups is 1. The van der Waals surface area contributed by atoms with Crippen LogP contribution < -0.4 is 0 Å². The lowest BCUT2D eigenvalue weighted by Crippen LogP contribution is -2.41. The van der Waals surface area contributed by atoms with Gasteiger partial charge in [0.2, 0.25) is 0 Å². The number of aliphatic hydroxyl groups is 1. The van der Waals surface area contributed by atoms with Gasteiger partial charge in [0, 0.05) is 19.8 Å². The van der Waals surface area contributed by atoms with Crippen molar-refractivity contribution in [3.63, 3.8) is 0 Å². The van der Waals surface area contributed by atoms with Crippen LogP contribution in [-0.4, -0.2) is 54.1 Å². The highest BCUT2D eigenvalue weighted by Crippen LogP contribution is 2.34. The van der Waals surface area contributed by atoms with Crippen LogP contribution in [0, 0.1) is 11.8 Å². The Morgan fingerprint density at radius 1 is 1.30 bits per heavy atom. The predicted molar refractivity (Wildman–Crippen MR) is 75.5 cm³/mol. The van der Waals surface area contributed by atoms with Crippen molar-refractivity contribution in [1.82, 2.24) is 4.90 Å². The Kier molecular flexibility index (Phi) is 4.91. The summed E-state index contributed by atoms with van der Waals surface area (Å²) in [4.78, 5) is 13.9. The maximum Gasteiger partial charge on any atom is 0.410 e. The molecule has 2 aliphatic rings. The quantitative estimate of drug-likeness (QED) is 0.843. The van der Waals surface area contributed by atoms with Crippen LogP contribution in [0.4, 0.5) is 4.79 Å². The van der Waals surface area contributed by atoms with Crippen LogP contribution in [0.1, 0.15) is 40.0 Å². The fourth-order valence-electron chi connectivity index (χ4n) is 3.20.